The van der Waals surface area contributed by atoms with Gasteiger partial charge in [0.1, 0.15) is 11.4 Å². The van der Waals surface area contributed by atoms with Crippen LogP contribution in [0.25, 0.3) is 0 Å². The van der Waals surface area contributed by atoms with Crippen molar-refractivity contribution >= 4 is 27.9 Å². The third kappa shape index (κ3) is 5.42. The van der Waals surface area contributed by atoms with Crippen LogP contribution < -0.4 is 5.32 Å². The van der Waals surface area contributed by atoms with Crippen molar-refractivity contribution in [3.8, 4) is 0 Å². The Kier molecular flexibility index (Phi) is 6.08. The smallest absolute Gasteiger partial charge is 0.407 e. The number of hydrogen-bond acceptors (Lipinski definition) is 3. The zero-order valence-electron chi connectivity index (χ0n) is 15.0. The summed E-state index contributed by atoms with van der Waals surface area (Å²) in [5.74, 6) is -0.659. The van der Waals surface area contributed by atoms with Gasteiger partial charge in [0.15, 0.2) is 0 Å². The Labute approximate surface area is 156 Å². The maximum atomic E-state index is 13.9. The molecule has 1 aromatic rings. The highest BCUT2D eigenvalue weighted by atomic mass is 79.9. The number of rotatable bonds is 2. The second kappa shape index (κ2) is 7.72. The number of likely N-dealkylation sites (tertiary alicyclic amines) is 1. The van der Waals surface area contributed by atoms with E-state index in [1.54, 1.807) is 38.7 Å². The fraction of sp³-hybridized carbons (Fsp3) is 0.556. The minimum absolute atomic E-state index is 0.175. The number of piperidine rings is 1. The molecule has 1 aliphatic rings. The summed E-state index contributed by atoms with van der Waals surface area (Å²) >= 11 is 3.28. The second-order valence-electron chi connectivity index (χ2n) is 7.30. The number of ether oxygens (including phenoxy) is 1. The van der Waals surface area contributed by atoms with Crippen molar-refractivity contribution in [2.75, 3.05) is 13.1 Å². The van der Waals surface area contributed by atoms with Crippen LogP contribution in [0.15, 0.2) is 16.6 Å². The van der Waals surface area contributed by atoms with Crippen molar-refractivity contribution in [1.82, 2.24) is 10.2 Å². The van der Waals surface area contributed by atoms with Gasteiger partial charge in [-0.2, -0.15) is 0 Å². The van der Waals surface area contributed by atoms with Gasteiger partial charge in [-0.25, -0.2) is 9.18 Å². The number of alkyl carbamates (subject to hydrolysis) is 1. The minimum Gasteiger partial charge on any atom is -0.444 e. The van der Waals surface area contributed by atoms with Crippen molar-refractivity contribution in [1.29, 1.82) is 0 Å². The fourth-order valence-corrected chi connectivity index (χ4v) is 3.14. The molecule has 5 nitrogen and oxygen atoms in total. The third-order valence-electron chi connectivity index (χ3n) is 3.96. The van der Waals surface area contributed by atoms with Gasteiger partial charge in [-0.05, 0) is 58.2 Å². The van der Waals surface area contributed by atoms with Gasteiger partial charge in [0, 0.05) is 29.2 Å². The Hall–Kier alpha value is -1.63. The molecule has 0 radical (unpaired) electrons. The van der Waals surface area contributed by atoms with Crippen molar-refractivity contribution in [3.63, 3.8) is 0 Å². The minimum atomic E-state index is -0.569. The molecule has 0 aromatic heterocycles. The lowest BCUT2D eigenvalue weighted by atomic mass is 10.0. The summed E-state index contributed by atoms with van der Waals surface area (Å²) in [6.07, 6.45) is 1.05. The van der Waals surface area contributed by atoms with Gasteiger partial charge in [-0.15, -0.1) is 0 Å². The number of hydrogen-bond donors (Lipinski definition) is 1. The fourth-order valence-electron chi connectivity index (χ4n) is 2.70. The lowest BCUT2D eigenvalue weighted by molar-refractivity contribution is 0.0452. The Morgan fingerprint density at radius 1 is 1.36 bits per heavy atom. The number of carbonyl (C=O) groups is 2. The molecule has 2 rings (SSSR count). The number of carbonyl (C=O) groups excluding carboxylic acids is 2. The molecule has 0 spiro atoms. The zero-order chi connectivity index (χ0) is 18.8. The molecule has 1 N–H and O–H groups in total. The van der Waals surface area contributed by atoms with Crippen LogP contribution in [-0.2, 0) is 4.74 Å². The number of nitrogens with one attached hydrogen (secondary N) is 1. The van der Waals surface area contributed by atoms with Crippen LogP contribution in [0.2, 0.25) is 0 Å². The van der Waals surface area contributed by atoms with E-state index < -0.39 is 17.5 Å². The zero-order valence-corrected chi connectivity index (χ0v) is 16.6. The lowest BCUT2D eigenvalue weighted by Gasteiger charge is -2.33. The van der Waals surface area contributed by atoms with Gasteiger partial charge < -0.3 is 15.0 Å². The maximum Gasteiger partial charge on any atom is 0.407 e. The number of halogens is 2. The van der Waals surface area contributed by atoms with E-state index in [9.17, 15) is 14.0 Å². The molecule has 0 aliphatic carbocycles. The standard InChI is InChI=1S/C18H24BrFN2O3/c1-11-14(19)8-12(9-15(11)20)16(23)22-7-5-6-13(10-22)21-17(24)25-18(2,3)4/h8-9,13H,5-7,10H2,1-4H3,(H,21,24). The first kappa shape index (κ1) is 19.7. The predicted molar refractivity (Wildman–Crippen MR) is 97.1 cm³/mol. The quantitative estimate of drug-likeness (QED) is 0.794. The molecule has 1 unspecified atom stereocenters. The molecule has 1 aliphatic heterocycles. The highest BCUT2D eigenvalue weighted by molar-refractivity contribution is 9.10. The highest BCUT2D eigenvalue weighted by Crippen LogP contribution is 2.23. The molecule has 1 saturated heterocycles. The van der Waals surface area contributed by atoms with E-state index in [0.717, 1.165) is 12.8 Å². The molecule has 138 valence electrons. The number of benzene rings is 1. The summed E-state index contributed by atoms with van der Waals surface area (Å²) < 4.78 is 19.7. The molecule has 0 saturated carbocycles. The summed E-state index contributed by atoms with van der Waals surface area (Å²) in [6, 6.07) is 2.71. The summed E-state index contributed by atoms with van der Waals surface area (Å²) in [5, 5.41) is 2.81. The van der Waals surface area contributed by atoms with Gasteiger partial charge in [-0.3, -0.25) is 4.79 Å². The SMILES string of the molecule is Cc1c(F)cc(C(=O)N2CCCC(NC(=O)OC(C)(C)C)C2)cc1Br. The molecule has 1 fully saturated rings. The Morgan fingerprint density at radius 3 is 2.64 bits per heavy atom. The molecule has 25 heavy (non-hydrogen) atoms. The molecule has 1 heterocycles. The van der Waals surface area contributed by atoms with Crippen molar-refractivity contribution < 1.29 is 18.7 Å². The predicted octanol–water partition coefficient (Wildman–Crippen LogP) is 4.03. The Balaban J connectivity index is 2.03. The maximum absolute atomic E-state index is 13.9. The van der Waals surface area contributed by atoms with Crippen LogP contribution in [0.3, 0.4) is 0 Å². The highest BCUT2D eigenvalue weighted by Gasteiger charge is 2.27. The first-order valence-corrected chi connectivity index (χ1v) is 9.10. The van der Waals surface area contributed by atoms with Crippen LogP contribution in [0.1, 0.15) is 49.5 Å². The average Bonchev–Trinajstić information content (AvgIpc) is 2.49. The van der Waals surface area contributed by atoms with E-state index in [2.05, 4.69) is 21.2 Å². The van der Waals surface area contributed by atoms with Gasteiger partial charge in [0.05, 0.1) is 0 Å². The summed E-state index contributed by atoms with van der Waals surface area (Å²) in [4.78, 5) is 26.2. The summed E-state index contributed by atoms with van der Waals surface area (Å²) in [6.45, 7) is 8.01. The van der Waals surface area contributed by atoms with Gasteiger partial charge >= 0.3 is 6.09 Å². The molecule has 2 amide bonds. The van der Waals surface area contributed by atoms with Gasteiger partial charge in [-0.1, -0.05) is 15.9 Å². The van der Waals surface area contributed by atoms with E-state index in [-0.39, 0.29) is 11.9 Å². The van der Waals surface area contributed by atoms with Crippen LogP contribution in [0.4, 0.5) is 9.18 Å². The Bertz CT molecular complexity index is 650. The van der Waals surface area contributed by atoms with Crippen LogP contribution >= 0.6 is 15.9 Å². The molecule has 1 atom stereocenters. The first-order valence-electron chi connectivity index (χ1n) is 8.31. The monoisotopic (exact) mass is 414 g/mol. The van der Waals surface area contributed by atoms with E-state index in [1.165, 1.54) is 6.07 Å². The van der Waals surface area contributed by atoms with Crippen molar-refractivity contribution in [3.05, 3.63) is 33.5 Å². The molecule has 0 bridgehead atoms. The first-order chi connectivity index (χ1) is 11.6. The van der Waals surface area contributed by atoms with Crippen molar-refractivity contribution in [2.24, 2.45) is 0 Å². The molecule has 7 heteroatoms. The second-order valence-corrected chi connectivity index (χ2v) is 8.16. The summed E-state index contributed by atoms with van der Waals surface area (Å²) in [7, 11) is 0. The molecular formula is C18H24BrFN2O3. The van der Waals surface area contributed by atoms with Crippen LogP contribution in [-0.4, -0.2) is 41.6 Å². The topological polar surface area (TPSA) is 58.6 Å². The van der Waals surface area contributed by atoms with E-state index in [0.29, 0.717) is 28.7 Å². The average molecular weight is 415 g/mol. The lowest BCUT2D eigenvalue weighted by Crippen LogP contribution is -2.50. The van der Waals surface area contributed by atoms with E-state index in [1.807, 2.05) is 0 Å². The normalized spacial score (nSPS) is 18.0. The van der Waals surface area contributed by atoms with Crippen LogP contribution in [0, 0.1) is 12.7 Å². The van der Waals surface area contributed by atoms with Gasteiger partial charge in [0.2, 0.25) is 0 Å². The Morgan fingerprint density at radius 2 is 2.04 bits per heavy atom. The van der Waals surface area contributed by atoms with Crippen LogP contribution in [0.5, 0.6) is 0 Å². The van der Waals surface area contributed by atoms with Gasteiger partial charge in [0.25, 0.3) is 5.91 Å². The number of amides is 2. The van der Waals surface area contributed by atoms with E-state index >= 15 is 0 Å². The molecular weight excluding hydrogens is 391 g/mol. The van der Waals surface area contributed by atoms with Crippen molar-refractivity contribution in [2.45, 2.75) is 52.2 Å². The third-order valence-corrected chi connectivity index (χ3v) is 4.78. The number of nitrogens with zero attached hydrogens (tertiary/aromatic N) is 1. The largest absolute Gasteiger partial charge is 0.444 e. The summed E-state index contributed by atoms with van der Waals surface area (Å²) in [5.41, 5.74) is 0.201. The molecule has 1 aromatic carbocycles. The van der Waals surface area contributed by atoms with E-state index in [4.69, 9.17) is 4.74 Å².